The third kappa shape index (κ3) is 24.3. The second-order valence-electron chi connectivity index (χ2n) is 4.16. The van der Waals surface area contributed by atoms with Gasteiger partial charge in [0.05, 0.1) is 23.7 Å². The van der Waals surface area contributed by atoms with E-state index in [2.05, 4.69) is 55.3 Å². The molecular formula is C10H22Cl2O3V. The van der Waals surface area contributed by atoms with Crippen molar-refractivity contribution in [3.63, 3.8) is 0 Å². The molecular weight excluding hydrogens is 290 g/mol. The summed E-state index contributed by atoms with van der Waals surface area (Å²) >= 11 is 8.22. The van der Waals surface area contributed by atoms with Gasteiger partial charge in [0.15, 0.2) is 0 Å². The minimum absolute atomic E-state index is 0.307. The molecule has 0 aromatic heterocycles. The van der Waals surface area contributed by atoms with Crippen LogP contribution in [-0.4, -0.2) is 13.2 Å². The molecule has 0 N–H and O–H groups in total. The van der Waals surface area contributed by atoms with Crippen LogP contribution in [0.5, 0.6) is 0 Å². The number of halogens is 2. The minimum atomic E-state index is -0.307. The van der Waals surface area contributed by atoms with Gasteiger partial charge in [-0.25, -0.2) is 0 Å². The maximum atomic E-state index is 5.40. The van der Waals surface area contributed by atoms with Gasteiger partial charge in [0.2, 0.25) is 0 Å². The summed E-state index contributed by atoms with van der Waals surface area (Å²) in [6.45, 7) is 10.6. The van der Waals surface area contributed by atoms with E-state index in [4.69, 9.17) is 7.32 Å². The van der Waals surface area contributed by atoms with Crippen molar-refractivity contribution in [1.29, 1.82) is 0 Å². The Labute approximate surface area is 117 Å². The molecule has 0 aromatic carbocycles. The maximum Gasteiger partial charge on any atom is 0.0832 e. The molecule has 3 nitrogen and oxygen atoms in total. The van der Waals surface area contributed by atoms with E-state index in [9.17, 15) is 0 Å². The topological polar surface area (TPSA) is 27.7 Å². The van der Waals surface area contributed by atoms with E-state index in [1.54, 1.807) is 0 Å². The van der Waals surface area contributed by atoms with Gasteiger partial charge in [0.25, 0.3) is 0 Å². The van der Waals surface area contributed by atoms with E-state index in [1.165, 1.54) is 0 Å². The summed E-state index contributed by atoms with van der Waals surface area (Å²) in [6.07, 6.45) is 2.28. The van der Waals surface area contributed by atoms with E-state index >= 15 is 0 Å². The van der Waals surface area contributed by atoms with Gasteiger partial charge in [0, 0.05) is 0 Å². The summed E-state index contributed by atoms with van der Waals surface area (Å²) in [5.41, 5.74) is 0. The van der Waals surface area contributed by atoms with Gasteiger partial charge in [-0.3, -0.25) is 0 Å². The van der Waals surface area contributed by atoms with Gasteiger partial charge in [-0.2, -0.15) is 3.84 Å². The Balaban J connectivity index is 0. The molecule has 0 aliphatic heterocycles. The first-order chi connectivity index (χ1) is 7.54. The van der Waals surface area contributed by atoms with Crippen LogP contribution in [0.25, 0.3) is 0 Å². The molecule has 0 saturated carbocycles. The Morgan fingerprint density at radius 3 is 1.44 bits per heavy atom. The average Bonchev–Trinajstić information content (AvgIpc) is 2.16. The fraction of sp³-hybridized carbons (Fsp3) is 1.00. The average molecular weight is 312 g/mol. The molecule has 6 heteroatoms. The summed E-state index contributed by atoms with van der Waals surface area (Å²) in [7, 11) is 0. The van der Waals surface area contributed by atoms with E-state index in [0.717, 1.165) is 37.9 Å². The van der Waals surface area contributed by atoms with Crippen LogP contribution in [0.2, 0.25) is 0 Å². The molecule has 0 amide bonds. The summed E-state index contributed by atoms with van der Waals surface area (Å²) < 4.78 is 14.0. The SMILES string of the molecule is CC(C)CC[O][V][O]CCC(C)C.ClOCl. The molecule has 16 heavy (non-hydrogen) atoms. The predicted molar refractivity (Wildman–Crippen MR) is 63.6 cm³/mol. The van der Waals surface area contributed by atoms with Gasteiger partial charge >= 0.3 is 89.9 Å². The summed E-state index contributed by atoms with van der Waals surface area (Å²) in [5, 5.41) is 0. The molecule has 0 bridgehead atoms. The molecule has 0 aromatic rings. The Morgan fingerprint density at radius 1 is 0.875 bits per heavy atom. The van der Waals surface area contributed by atoms with Crippen molar-refractivity contribution < 1.29 is 28.2 Å². The normalized spacial score (nSPS) is 10.2. The summed E-state index contributed by atoms with van der Waals surface area (Å²) in [6, 6.07) is 0. The number of hydrogen-bond acceptors (Lipinski definition) is 3. The summed E-state index contributed by atoms with van der Waals surface area (Å²) in [4.78, 5) is 0. The van der Waals surface area contributed by atoms with Crippen molar-refractivity contribution >= 4 is 23.7 Å². The molecule has 0 unspecified atom stereocenters. The third-order valence-electron chi connectivity index (χ3n) is 1.68. The quantitative estimate of drug-likeness (QED) is 0.624. The standard InChI is InChI=1S/2C5H11O.Cl2O.V/c2*1-5(2)3-4-6;1-3-2;/h2*5H,3-4H2,1-2H3;;/q2*-1;;+2. The van der Waals surface area contributed by atoms with E-state index in [1.807, 2.05) is 0 Å². The first-order valence-corrected chi connectivity index (χ1v) is 7.13. The zero-order valence-electron chi connectivity index (χ0n) is 10.4. The molecule has 0 radical (unpaired) electrons. The Hall–Kier alpha value is 1.04. The van der Waals surface area contributed by atoms with Crippen molar-refractivity contribution in [2.24, 2.45) is 11.8 Å². The molecule has 0 spiro atoms. The van der Waals surface area contributed by atoms with E-state index < -0.39 is 0 Å². The van der Waals surface area contributed by atoms with Crippen molar-refractivity contribution in [2.75, 3.05) is 13.2 Å². The number of rotatable bonds is 8. The smallest absolute Gasteiger partial charge is 0.0832 e. The molecule has 0 aliphatic carbocycles. The fourth-order valence-corrected chi connectivity index (χ4v) is 1.37. The molecule has 0 saturated heterocycles. The van der Waals surface area contributed by atoms with Crippen LogP contribution in [-0.2, 0) is 28.2 Å². The minimum Gasteiger partial charge on any atom is -0.166 e. The second-order valence-corrected chi connectivity index (χ2v) is 5.67. The van der Waals surface area contributed by atoms with E-state index in [-0.39, 0.29) is 17.0 Å². The molecule has 0 aliphatic rings. The fourth-order valence-electron chi connectivity index (χ4n) is 0.689. The molecule has 99 valence electrons. The Morgan fingerprint density at radius 2 is 1.19 bits per heavy atom. The van der Waals surface area contributed by atoms with Crippen LogP contribution in [0, 0.1) is 11.8 Å². The Bertz CT molecular complexity index is 115. The van der Waals surface area contributed by atoms with Crippen molar-refractivity contribution in [2.45, 2.75) is 40.5 Å². The van der Waals surface area contributed by atoms with Crippen molar-refractivity contribution in [1.82, 2.24) is 0 Å². The van der Waals surface area contributed by atoms with Crippen molar-refractivity contribution in [3.8, 4) is 0 Å². The van der Waals surface area contributed by atoms with Crippen LogP contribution < -0.4 is 0 Å². The third-order valence-corrected chi connectivity index (χ3v) is 2.58. The number of hydrogen-bond donors (Lipinski definition) is 0. The zero-order valence-corrected chi connectivity index (χ0v) is 13.3. The zero-order chi connectivity index (χ0) is 12.8. The van der Waals surface area contributed by atoms with Crippen LogP contribution in [0.4, 0.5) is 0 Å². The molecule has 0 rings (SSSR count). The van der Waals surface area contributed by atoms with Gasteiger partial charge in [-0.1, -0.05) is 0 Å². The predicted octanol–water partition coefficient (Wildman–Crippen LogP) is 4.33. The van der Waals surface area contributed by atoms with Crippen LogP contribution >= 0.6 is 23.7 Å². The first-order valence-electron chi connectivity index (χ1n) is 5.38. The van der Waals surface area contributed by atoms with Crippen LogP contribution in [0.15, 0.2) is 0 Å². The molecule has 0 heterocycles. The molecule has 0 atom stereocenters. The van der Waals surface area contributed by atoms with E-state index in [0.29, 0.717) is 0 Å². The monoisotopic (exact) mass is 311 g/mol. The maximum absolute atomic E-state index is 5.40. The second kappa shape index (κ2) is 16.0. The van der Waals surface area contributed by atoms with Crippen LogP contribution in [0.1, 0.15) is 40.5 Å². The van der Waals surface area contributed by atoms with Crippen LogP contribution in [0.3, 0.4) is 0 Å². The molecule has 0 fully saturated rings. The Kier molecular flexibility index (Phi) is 19.4. The van der Waals surface area contributed by atoms with Gasteiger partial charge in [0.1, 0.15) is 0 Å². The van der Waals surface area contributed by atoms with Gasteiger partial charge in [-0.15, -0.1) is 0 Å². The van der Waals surface area contributed by atoms with Gasteiger partial charge < -0.3 is 0 Å². The largest absolute Gasteiger partial charge is 0.166 e. The summed E-state index contributed by atoms with van der Waals surface area (Å²) in [5.74, 6) is 1.47. The van der Waals surface area contributed by atoms with Gasteiger partial charge in [-0.05, 0) is 0 Å². The first kappa shape index (κ1) is 19.4. The van der Waals surface area contributed by atoms with Crippen molar-refractivity contribution in [3.05, 3.63) is 0 Å².